The Morgan fingerprint density at radius 1 is 1.09 bits per heavy atom. The Morgan fingerprint density at radius 3 is 2.59 bits per heavy atom. The molecule has 2 N–H and O–H groups in total. The summed E-state index contributed by atoms with van der Waals surface area (Å²) in [4.78, 5) is 27.7. The monoisotopic (exact) mass is 337 g/mol. The Bertz CT molecular complexity index is 678. The average Bonchev–Trinajstić information content (AvgIpc) is 2.51. The van der Waals surface area contributed by atoms with Gasteiger partial charge in [0.2, 0.25) is 5.91 Å². The number of nitrogens with zero attached hydrogens (tertiary/aromatic N) is 1. The fourth-order valence-electron chi connectivity index (χ4n) is 1.68. The molecular formula is C15H13Cl2N3O2. The summed E-state index contributed by atoms with van der Waals surface area (Å²) in [6, 6.07) is 9.96. The van der Waals surface area contributed by atoms with E-state index in [1.54, 1.807) is 24.4 Å². The van der Waals surface area contributed by atoms with Gasteiger partial charge >= 0.3 is 0 Å². The minimum absolute atomic E-state index is 0.148. The van der Waals surface area contributed by atoms with E-state index in [9.17, 15) is 9.59 Å². The van der Waals surface area contributed by atoms with E-state index in [1.165, 1.54) is 12.1 Å². The van der Waals surface area contributed by atoms with Gasteiger partial charge in [0.05, 0.1) is 29.4 Å². The van der Waals surface area contributed by atoms with E-state index in [0.717, 1.165) is 5.69 Å². The van der Waals surface area contributed by atoms with Gasteiger partial charge in [-0.1, -0.05) is 29.3 Å². The van der Waals surface area contributed by atoms with Gasteiger partial charge in [-0.05, 0) is 30.3 Å². The van der Waals surface area contributed by atoms with Crippen molar-refractivity contribution in [3.05, 3.63) is 63.9 Å². The topological polar surface area (TPSA) is 71.1 Å². The number of hydrogen-bond acceptors (Lipinski definition) is 3. The first kappa shape index (κ1) is 16.3. The minimum atomic E-state index is -0.436. The Kier molecular flexibility index (Phi) is 5.75. The lowest BCUT2D eigenvalue weighted by atomic mass is 10.2. The predicted octanol–water partition coefficient (Wildman–Crippen LogP) is 2.43. The fraction of sp³-hybridized carbons (Fsp3) is 0.133. The molecule has 5 nitrogen and oxygen atoms in total. The van der Waals surface area contributed by atoms with Crippen molar-refractivity contribution >= 4 is 35.0 Å². The Hall–Kier alpha value is -2.11. The summed E-state index contributed by atoms with van der Waals surface area (Å²) in [6.45, 7) is 0.155. The second-order valence-electron chi connectivity index (χ2n) is 4.40. The maximum absolute atomic E-state index is 11.9. The van der Waals surface area contributed by atoms with Gasteiger partial charge in [-0.2, -0.15) is 0 Å². The lowest BCUT2D eigenvalue weighted by molar-refractivity contribution is -0.120. The number of benzene rings is 1. The van der Waals surface area contributed by atoms with Crippen LogP contribution in [0.15, 0.2) is 42.6 Å². The number of nitrogens with one attached hydrogen (secondary N) is 2. The highest BCUT2D eigenvalue weighted by molar-refractivity contribution is 6.36. The van der Waals surface area contributed by atoms with Crippen LogP contribution in [0.1, 0.15) is 16.1 Å². The zero-order valence-electron chi connectivity index (χ0n) is 11.5. The average molecular weight is 338 g/mol. The predicted molar refractivity (Wildman–Crippen MR) is 84.9 cm³/mol. The summed E-state index contributed by atoms with van der Waals surface area (Å²) in [5.74, 6) is -0.751. The van der Waals surface area contributed by atoms with E-state index < -0.39 is 5.91 Å². The van der Waals surface area contributed by atoms with Crippen LogP contribution < -0.4 is 10.6 Å². The van der Waals surface area contributed by atoms with Crippen molar-refractivity contribution in [2.45, 2.75) is 6.54 Å². The molecule has 1 aromatic carbocycles. The molecule has 2 rings (SSSR count). The van der Waals surface area contributed by atoms with Crippen molar-refractivity contribution in [3.8, 4) is 0 Å². The van der Waals surface area contributed by atoms with Gasteiger partial charge in [0, 0.05) is 11.2 Å². The highest BCUT2D eigenvalue weighted by atomic mass is 35.5. The summed E-state index contributed by atoms with van der Waals surface area (Å²) >= 11 is 11.7. The van der Waals surface area contributed by atoms with Crippen molar-refractivity contribution in [3.63, 3.8) is 0 Å². The molecule has 0 saturated carbocycles. The van der Waals surface area contributed by atoms with Crippen LogP contribution in [0, 0.1) is 0 Å². The molecule has 0 bridgehead atoms. The number of halogens is 2. The van der Waals surface area contributed by atoms with Gasteiger partial charge in [0.1, 0.15) is 0 Å². The van der Waals surface area contributed by atoms with E-state index in [1.807, 2.05) is 6.07 Å². The number of hydrogen-bond donors (Lipinski definition) is 2. The molecule has 2 amide bonds. The van der Waals surface area contributed by atoms with Crippen LogP contribution in [0.4, 0.5) is 0 Å². The van der Waals surface area contributed by atoms with Crippen LogP contribution in [0.2, 0.25) is 10.0 Å². The molecule has 0 radical (unpaired) electrons. The van der Waals surface area contributed by atoms with Crippen molar-refractivity contribution in [2.75, 3.05) is 6.54 Å². The van der Waals surface area contributed by atoms with E-state index in [0.29, 0.717) is 11.6 Å². The highest BCUT2D eigenvalue weighted by Crippen LogP contribution is 2.20. The molecule has 2 aromatic rings. The molecule has 22 heavy (non-hydrogen) atoms. The van der Waals surface area contributed by atoms with Crippen LogP contribution >= 0.6 is 23.2 Å². The van der Waals surface area contributed by atoms with Gasteiger partial charge in [0.15, 0.2) is 0 Å². The molecule has 0 fully saturated rings. The van der Waals surface area contributed by atoms with Gasteiger partial charge in [-0.3, -0.25) is 14.6 Å². The van der Waals surface area contributed by atoms with Crippen LogP contribution in [0.5, 0.6) is 0 Å². The van der Waals surface area contributed by atoms with Gasteiger partial charge in [-0.25, -0.2) is 0 Å². The fourth-order valence-corrected chi connectivity index (χ4v) is 2.18. The third kappa shape index (κ3) is 4.72. The molecule has 1 aromatic heterocycles. The van der Waals surface area contributed by atoms with Crippen LogP contribution in [-0.2, 0) is 11.3 Å². The standard InChI is InChI=1S/C15H13Cl2N3O2/c16-10-4-5-12(13(17)7-10)15(22)20-9-14(21)19-8-11-3-1-2-6-18-11/h1-7H,8-9H2,(H,19,21)(H,20,22). The first-order chi connectivity index (χ1) is 10.6. The zero-order chi connectivity index (χ0) is 15.9. The van der Waals surface area contributed by atoms with E-state index in [4.69, 9.17) is 23.2 Å². The Balaban J connectivity index is 1.82. The highest BCUT2D eigenvalue weighted by Gasteiger charge is 2.11. The number of carbonyl (C=O) groups is 2. The molecule has 1 heterocycles. The lowest BCUT2D eigenvalue weighted by Crippen LogP contribution is -2.36. The first-order valence-corrected chi connectivity index (χ1v) is 7.21. The molecule has 0 spiro atoms. The van der Waals surface area contributed by atoms with Crippen LogP contribution in [0.3, 0.4) is 0 Å². The number of aromatic nitrogens is 1. The quantitative estimate of drug-likeness (QED) is 0.880. The van der Waals surface area contributed by atoms with Crippen LogP contribution in [0.25, 0.3) is 0 Å². The molecule has 0 atom stereocenters. The summed E-state index contributed by atoms with van der Waals surface area (Å²) < 4.78 is 0. The maximum Gasteiger partial charge on any atom is 0.253 e. The Labute approximate surface area is 137 Å². The van der Waals surface area contributed by atoms with Crippen LogP contribution in [-0.4, -0.2) is 23.3 Å². The molecule has 0 aliphatic heterocycles. The maximum atomic E-state index is 11.9. The lowest BCUT2D eigenvalue weighted by Gasteiger charge is -2.08. The number of rotatable bonds is 5. The zero-order valence-corrected chi connectivity index (χ0v) is 13.0. The Morgan fingerprint density at radius 2 is 1.91 bits per heavy atom. The number of pyridine rings is 1. The molecule has 0 saturated heterocycles. The molecule has 0 unspecified atom stereocenters. The number of amides is 2. The van der Waals surface area contributed by atoms with Crippen molar-refractivity contribution < 1.29 is 9.59 Å². The summed E-state index contributed by atoms with van der Waals surface area (Å²) in [5, 5.41) is 5.83. The molecule has 7 heteroatoms. The molecular weight excluding hydrogens is 325 g/mol. The molecule has 0 aliphatic rings. The van der Waals surface area contributed by atoms with Gasteiger partial charge in [0.25, 0.3) is 5.91 Å². The van der Waals surface area contributed by atoms with E-state index in [-0.39, 0.29) is 23.0 Å². The molecule has 0 aliphatic carbocycles. The van der Waals surface area contributed by atoms with Gasteiger partial charge in [-0.15, -0.1) is 0 Å². The minimum Gasteiger partial charge on any atom is -0.349 e. The third-order valence-electron chi connectivity index (χ3n) is 2.78. The summed E-state index contributed by atoms with van der Waals surface area (Å²) in [7, 11) is 0. The van der Waals surface area contributed by atoms with Crippen molar-refractivity contribution in [2.24, 2.45) is 0 Å². The molecule has 114 valence electrons. The largest absolute Gasteiger partial charge is 0.349 e. The number of carbonyl (C=O) groups excluding carboxylic acids is 2. The second kappa shape index (κ2) is 7.77. The normalized spacial score (nSPS) is 10.1. The van der Waals surface area contributed by atoms with E-state index in [2.05, 4.69) is 15.6 Å². The SMILES string of the molecule is O=C(CNC(=O)c1ccc(Cl)cc1Cl)NCc1ccccn1. The van der Waals surface area contributed by atoms with Crippen molar-refractivity contribution in [1.29, 1.82) is 0 Å². The van der Waals surface area contributed by atoms with Crippen molar-refractivity contribution in [1.82, 2.24) is 15.6 Å². The first-order valence-electron chi connectivity index (χ1n) is 6.46. The summed E-state index contributed by atoms with van der Waals surface area (Å²) in [5.41, 5.74) is 1.01. The summed E-state index contributed by atoms with van der Waals surface area (Å²) in [6.07, 6.45) is 1.64. The second-order valence-corrected chi connectivity index (χ2v) is 5.25. The van der Waals surface area contributed by atoms with E-state index >= 15 is 0 Å². The van der Waals surface area contributed by atoms with Gasteiger partial charge < -0.3 is 10.6 Å². The smallest absolute Gasteiger partial charge is 0.253 e. The third-order valence-corrected chi connectivity index (χ3v) is 3.33.